The molecule has 1 atom stereocenters. The Labute approximate surface area is 195 Å². The first kappa shape index (κ1) is 23.2. The molecule has 7 nitrogen and oxygen atoms in total. The van der Waals surface area contributed by atoms with Crippen LogP contribution in [-0.2, 0) is 18.7 Å². The summed E-state index contributed by atoms with van der Waals surface area (Å²) in [5.41, 5.74) is 0.119. The number of rotatable bonds is 7. The highest BCUT2D eigenvalue weighted by atomic mass is 19.1. The normalized spacial score (nSPS) is 12.7. The van der Waals surface area contributed by atoms with Crippen molar-refractivity contribution in [2.24, 2.45) is 0 Å². The lowest BCUT2D eigenvalue weighted by Crippen LogP contribution is -2.43. The molecule has 0 fully saturated rings. The first-order valence-corrected chi connectivity index (χ1v) is 10.5. The van der Waals surface area contributed by atoms with Gasteiger partial charge in [0.25, 0.3) is 0 Å². The van der Waals surface area contributed by atoms with Gasteiger partial charge in [0.1, 0.15) is 29.9 Å². The van der Waals surface area contributed by atoms with E-state index < -0.39 is 17.2 Å². The van der Waals surface area contributed by atoms with Crippen LogP contribution in [0.3, 0.4) is 0 Å². The lowest BCUT2D eigenvalue weighted by atomic mass is 9.92. The summed E-state index contributed by atoms with van der Waals surface area (Å²) in [4.78, 5) is 13.9. The van der Waals surface area contributed by atoms with Crippen LogP contribution >= 0.6 is 0 Å². The minimum absolute atomic E-state index is 0.00926. The maximum atomic E-state index is 14.6. The van der Waals surface area contributed by atoms with Gasteiger partial charge in [-0.2, -0.15) is 5.10 Å². The van der Waals surface area contributed by atoms with Crippen LogP contribution in [0.5, 0.6) is 0 Å². The molecule has 4 rings (SSSR count). The smallest absolute Gasteiger partial charge is 0.205 e. The molecular weight excluding hydrogens is 438 g/mol. The van der Waals surface area contributed by atoms with E-state index in [4.69, 9.17) is 0 Å². The molecule has 34 heavy (non-hydrogen) atoms. The molecule has 172 valence electrons. The second kappa shape index (κ2) is 10.3. The largest absolute Gasteiger partial charge is 0.382 e. The van der Waals surface area contributed by atoms with Crippen molar-refractivity contribution in [2.45, 2.75) is 18.7 Å². The molecule has 9 heteroatoms. The average molecular weight is 460 g/mol. The van der Waals surface area contributed by atoms with Gasteiger partial charge in [-0.15, -0.1) is 0 Å². The van der Waals surface area contributed by atoms with Gasteiger partial charge in [-0.3, -0.25) is 4.90 Å². The summed E-state index contributed by atoms with van der Waals surface area (Å²) in [6.45, 7) is 0.510. The van der Waals surface area contributed by atoms with Crippen LogP contribution in [0.15, 0.2) is 73.6 Å². The quantitative estimate of drug-likeness (QED) is 0.428. The van der Waals surface area contributed by atoms with E-state index in [0.29, 0.717) is 12.4 Å². The van der Waals surface area contributed by atoms with E-state index in [2.05, 4.69) is 31.9 Å². The number of aliphatic hydroxyl groups is 1. The van der Waals surface area contributed by atoms with E-state index in [9.17, 15) is 13.9 Å². The summed E-state index contributed by atoms with van der Waals surface area (Å²) in [6, 6.07) is 12.5. The minimum atomic E-state index is -1.67. The molecule has 2 aromatic carbocycles. The standard InChI is InChI=1S/C25H22F2N6O/c1-32(14-20-5-3-19(4-6-20)7-10-24-29-11-2-12-30-24)15-25(34,16-33-18-28-17-31-33)22-9-8-21(26)13-23(22)27/h2-6,8-9,11-13,17-18,34H,14-16H2,1H3. The van der Waals surface area contributed by atoms with Gasteiger partial charge in [0.2, 0.25) is 5.82 Å². The zero-order valence-corrected chi connectivity index (χ0v) is 18.4. The van der Waals surface area contributed by atoms with Gasteiger partial charge in [-0.05, 0) is 42.8 Å². The second-order valence-electron chi connectivity index (χ2n) is 7.94. The second-order valence-corrected chi connectivity index (χ2v) is 7.94. The lowest BCUT2D eigenvalue weighted by molar-refractivity contribution is -0.0175. The van der Waals surface area contributed by atoms with Crippen LogP contribution in [-0.4, -0.2) is 48.3 Å². The molecule has 1 unspecified atom stereocenters. The molecule has 0 saturated carbocycles. The first-order chi connectivity index (χ1) is 16.4. The average Bonchev–Trinajstić information content (AvgIpc) is 3.31. The zero-order valence-electron chi connectivity index (χ0n) is 18.4. The summed E-state index contributed by atoms with van der Waals surface area (Å²) in [5.74, 6) is 4.85. The van der Waals surface area contributed by atoms with Crippen LogP contribution < -0.4 is 0 Å². The molecule has 0 saturated heterocycles. The van der Waals surface area contributed by atoms with Crippen molar-refractivity contribution >= 4 is 0 Å². The molecule has 0 aliphatic heterocycles. The van der Waals surface area contributed by atoms with E-state index >= 15 is 0 Å². The monoisotopic (exact) mass is 460 g/mol. The van der Waals surface area contributed by atoms with Gasteiger partial charge in [0.15, 0.2) is 0 Å². The molecule has 0 spiro atoms. The van der Waals surface area contributed by atoms with Crippen LogP contribution in [0.2, 0.25) is 0 Å². The minimum Gasteiger partial charge on any atom is -0.382 e. The van der Waals surface area contributed by atoms with E-state index in [-0.39, 0.29) is 18.7 Å². The number of benzene rings is 2. The summed E-state index contributed by atoms with van der Waals surface area (Å²) in [5, 5.41) is 15.5. The van der Waals surface area contributed by atoms with Crippen molar-refractivity contribution in [3.63, 3.8) is 0 Å². The Balaban J connectivity index is 1.48. The molecule has 2 aromatic heterocycles. The number of nitrogens with zero attached hydrogens (tertiary/aromatic N) is 6. The predicted octanol–water partition coefficient (Wildman–Crippen LogP) is 2.77. The third kappa shape index (κ3) is 5.86. The molecule has 0 aliphatic rings. The maximum Gasteiger partial charge on any atom is 0.205 e. The molecule has 0 bridgehead atoms. The summed E-state index contributed by atoms with van der Waals surface area (Å²) < 4.78 is 29.5. The van der Waals surface area contributed by atoms with Crippen molar-refractivity contribution < 1.29 is 13.9 Å². The van der Waals surface area contributed by atoms with Crippen LogP contribution in [0.1, 0.15) is 22.5 Å². The van der Waals surface area contributed by atoms with Crippen LogP contribution in [0.25, 0.3) is 0 Å². The topological polar surface area (TPSA) is 80.0 Å². The lowest BCUT2D eigenvalue weighted by Gasteiger charge is -2.33. The Morgan fingerprint density at radius 1 is 1.06 bits per heavy atom. The van der Waals surface area contributed by atoms with E-state index in [1.165, 1.54) is 23.4 Å². The summed E-state index contributed by atoms with van der Waals surface area (Å²) in [6.07, 6.45) is 6.04. The number of aromatic nitrogens is 5. The maximum absolute atomic E-state index is 14.6. The molecular formula is C25H22F2N6O. The molecule has 0 amide bonds. The first-order valence-electron chi connectivity index (χ1n) is 10.5. The highest BCUT2D eigenvalue weighted by Gasteiger charge is 2.34. The van der Waals surface area contributed by atoms with Crippen molar-refractivity contribution in [3.8, 4) is 11.8 Å². The molecule has 0 aliphatic carbocycles. The van der Waals surface area contributed by atoms with Gasteiger partial charge >= 0.3 is 0 Å². The van der Waals surface area contributed by atoms with Gasteiger partial charge in [-0.25, -0.2) is 28.4 Å². The molecule has 2 heterocycles. The van der Waals surface area contributed by atoms with E-state index in [1.54, 1.807) is 18.5 Å². The molecule has 4 aromatic rings. The zero-order chi connectivity index (χ0) is 24.0. The number of hydrogen-bond acceptors (Lipinski definition) is 6. The van der Waals surface area contributed by atoms with Crippen molar-refractivity contribution in [3.05, 3.63) is 108 Å². The predicted molar refractivity (Wildman–Crippen MR) is 121 cm³/mol. The van der Waals surface area contributed by atoms with E-state index in [1.807, 2.05) is 36.2 Å². The SMILES string of the molecule is CN(Cc1ccc(C#Cc2ncccn2)cc1)CC(O)(Cn1cncn1)c1ccc(F)cc1F. The van der Waals surface area contributed by atoms with Gasteiger partial charge in [0, 0.05) is 42.7 Å². The van der Waals surface area contributed by atoms with Gasteiger partial charge in [-0.1, -0.05) is 24.1 Å². The highest BCUT2D eigenvalue weighted by Crippen LogP contribution is 2.28. The number of hydrogen-bond donors (Lipinski definition) is 1. The van der Waals surface area contributed by atoms with Crippen molar-refractivity contribution in [2.75, 3.05) is 13.6 Å². The third-order valence-electron chi connectivity index (χ3n) is 5.14. The fourth-order valence-electron chi connectivity index (χ4n) is 3.67. The fraction of sp³-hybridized carbons (Fsp3) is 0.200. The van der Waals surface area contributed by atoms with Crippen molar-refractivity contribution in [1.82, 2.24) is 29.6 Å². The van der Waals surface area contributed by atoms with Gasteiger partial charge in [0.05, 0.1) is 6.54 Å². The van der Waals surface area contributed by atoms with E-state index in [0.717, 1.165) is 23.3 Å². The molecule has 1 N–H and O–H groups in total. The van der Waals surface area contributed by atoms with Crippen molar-refractivity contribution in [1.29, 1.82) is 0 Å². The fourth-order valence-corrected chi connectivity index (χ4v) is 3.67. The number of halogens is 2. The Bertz CT molecular complexity index is 1290. The van der Waals surface area contributed by atoms with Crippen LogP contribution in [0, 0.1) is 23.5 Å². The Morgan fingerprint density at radius 2 is 1.82 bits per heavy atom. The summed E-state index contributed by atoms with van der Waals surface area (Å²) in [7, 11) is 1.81. The highest BCUT2D eigenvalue weighted by molar-refractivity contribution is 5.39. The Hall–Kier alpha value is -4.00. The third-order valence-corrected chi connectivity index (χ3v) is 5.14. The van der Waals surface area contributed by atoms with Crippen LogP contribution in [0.4, 0.5) is 8.78 Å². The summed E-state index contributed by atoms with van der Waals surface area (Å²) >= 11 is 0. The Morgan fingerprint density at radius 3 is 2.50 bits per heavy atom. The Kier molecular flexibility index (Phi) is 7.01. The number of likely N-dealkylation sites (N-methyl/N-ethyl adjacent to an activating group) is 1. The molecule has 0 radical (unpaired) electrons. The van der Waals surface area contributed by atoms with Gasteiger partial charge < -0.3 is 5.11 Å².